The van der Waals surface area contributed by atoms with E-state index in [2.05, 4.69) is 25.8 Å². The molecule has 4 fully saturated rings. The fourth-order valence-electron chi connectivity index (χ4n) is 8.75. The molecule has 1 aliphatic carbocycles. The molecule has 0 spiro atoms. The molecule has 0 bridgehead atoms. The van der Waals surface area contributed by atoms with Crippen LogP contribution in [0.3, 0.4) is 0 Å². The van der Waals surface area contributed by atoms with Crippen molar-refractivity contribution in [2.24, 2.45) is 0 Å². The van der Waals surface area contributed by atoms with E-state index in [1.54, 1.807) is 23.0 Å². The lowest BCUT2D eigenvalue weighted by atomic mass is 9.96. The highest BCUT2D eigenvalue weighted by Crippen LogP contribution is 2.40. The molecule has 1 aromatic carbocycles. The number of aliphatic hydroxyl groups excluding tert-OH is 2. The van der Waals surface area contributed by atoms with Gasteiger partial charge in [-0.25, -0.2) is 22.7 Å². The first-order chi connectivity index (χ1) is 31.7. The number of aliphatic hydroxyl groups is 2. The average Bonchev–Trinajstić information content (AvgIpc) is 3.91. The number of nitrogens with zero attached hydrogens (tertiary/aromatic N) is 10. The first-order valence-electron chi connectivity index (χ1n) is 22.7. The van der Waals surface area contributed by atoms with Gasteiger partial charge in [0.25, 0.3) is 12.3 Å². The fourth-order valence-corrected chi connectivity index (χ4v) is 8.75. The van der Waals surface area contributed by atoms with E-state index >= 15 is 0 Å². The van der Waals surface area contributed by atoms with Crippen molar-refractivity contribution in [2.75, 3.05) is 91.9 Å². The Labute approximate surface area is 382 Å². The van der Waals surface area contributed by atoms with Gasteiger partial charge < -0.3 is 40.0 Å². The van der Waals surface area contributed by atoms with Crippen LogP contribution in [0.25, 0.3) is 5.65 Å². The van der Waals surface area contributed by atoms with E-state index in [1.807, 2.05) is 59.8 Å². The lowest BCUT2D eigenvalue weighted by Crippen LogP contribution is -2.53. The van der Waals surface area contributed by atoms with Gasteiger partial charge in [-0.15, -0.1) is 0 Å². The number of para-hydroxylation sites is 1. The number of hydrogen-bond donors (Lipinski definition) is 4. The molecular formula is C45H63F3N12O6. The second-order valence-corrected chi connectivity index (χ2v) is 17.4. The minimum Gasteiger partial charge on any atom is -0.395 e. The number of carbonyl (C=O) groups is 4. The van der Waals surface area contributed by atoms with Gasteiger partial charge in [0.1, 0.15) is 23.6 Å². The van der Waals surface area contributed by atoms with Gasteiger partial charge in [0.2, 0.25) is 18.2 Å². The van der Waals surface area contributed by atoms with Crippen LogP contribution in [0.5, 0.6) is 0 Å². The zero-order chi connectivity index (χ0) is 47.5. The maximum Gasteiger partial charge on any atom is 0.284 e. The van der Waals surface area contributed by atoms with E-state index < -0.39 is 36.1 Å². The minimum absolute atomic E-state index is 0.00367. The number of aromatic nitrogens is 5. The van der Waals surface area contributed by atoms with Crippen molar-refractivity contribution < 1.29 is 42.6 Å². The Morgan fingerprint density at radius 3 is 2.41 bits per heavy atom. The first-order valence-corrected chi connectivity index (χ1v) is 22.7. The van der Waals surface area contributed by atoms with E-state index in [-0.39, 0.29) is 42.3 Å². The molecular weight excluding hydrogens is 862 g/mol. The largest absolute Gasteiger partial charge is 0.395 e. The number of piperidine rings is 2. The third-order valence-electron chi connectivity index (χ3n) is 12.1. The number of carbonyl (C=O) groups excluding carboxylic acids is 4. The highest BCUT2D eigenvalue weighted by molar-refractivity contribution is 6.08. The smallest absolute Gasteiger partial charge is 0.284 e. The lowest BCUT2D eigenvalue weighted by molar-refractivity contribution is -0.134. The summed E-state index contributed by atoms with van der Waals surface area (Å²) in [4.78, 5) is 62.2. The fraction of sp³-hybridized carbons (Fsp3) is 0.578. The van der Waals surface area contributed by atoms with Crippen molar-refractivity contribution in [2.45, 2.75) is 102 Å². The molecule has 3 aliphatic heterocycles. The Bertz CT molecular complexity index is 2250. The normalized spacial score (nSPS) is 19.3. The molecule has 3 saturated heterocycles. The van der Waals surface area contributed by atoms with Crippen LogP contribution in [0.4, 0.5) is 41.7 Å². The molecule has 21 heteroatoms. The van der Waals surface area contributed by atoms with Crippen LogP contribution < -0.4 is 30.2 Å². The third-order valence-corrected chi connectivity index (χ3v) is 12.1. The Hall–Kier alpha value is -5.80. The molecule has 3 aromatic heterocycles. The summed E-state index contributed by atoms with van der Waals surface area (Å²) in [5.41, 5.74) is 2.34. The Morgan fingerprint density at radius 2 is 1.80 bits per heavy atom. The van der Waals surface area contributed by atoms with E-state index in [0.29, 0.717) is 62.7 Å². The predicted octanol–water partition coefficient (Wildman–Crippen LogP) is 4.58. The first kappa shape index (κ1) is 49.6. The van der Waals surface area contributed by atoms with Gasteiger partial charge in [-0.3, -0.25) is 29.2 Å². The van der Waals surface area contributed by atoms with Crippen LogP contribution >= 0.6 is 0 Å². The Kier molecular flexibility index (Phi) is 17.4. The van der Waals surface area contributed by atoms with Crippen molar-refractivity contribution in [3.8, 4) is 0 Å². The number of hydrogen-bond acceptors (Lipinski definition) is 13. The summed E-state index contributed by atoms with van der Waals surface area (Å²) in [6, 6.07) is 6.65. The number of rotatable bonds is 14. The standard InChI is InChI=1S/C22H29F2N7O2.C17H22N4O4.C6H12FN/c1-2-9-29(11-12-32)18-8-10-30-21(27-18)16(13-25-30)22(33)26-17-14-31(28-19(17)20(23)24)15-6-4-3-5-7-15;1-19(2)16-12(20-8-11(23)9-20)4-3-5-13(16)21(10-22)14-6-7-15(24)18-17(14)25;1-8-4-2-3-6(7)5-8/h8,10,13-15,20,32H,2-7,9,11-12H2,1H3,(H,26,33);3-5,10-11,14,23H,6-9H2,1-2H3,(H,18,24,25);6H,2-5H2,1H3. The molecule has 66 heavy (non-hydrogen) atoms. The highest BCUT2D eigenvalue weighted by atomic mass is 19.3. The molecule has 18 nitrogen and oxygen atoms in total. The van der Waals surface area contributed by atoms with Crippen molar-refractivity contribution in [1.82, 2.24) is 34.6 Å². The number of anilines is 5. The predicted molar refractivity (Wildman–Crippen MR) is 245 cm³/mol. The van der Waals surface area contributed by atoms with E-state index in [0.717, 1.165) is 69.3 Å². The molecule has 4 amide bonds. The van der Waals surface area contributed by atoms with Gasteiger partial charge in [0.05, 0.1) is 47.7 Å². The molecule has 6 heterocycles. The number of benzene rings is 1. The summed E-state index contributed by atoms with van der Waals surface area (Å²) in [7, 11) is 5.70. The van der Waals surface area contributed by atoms with Crippen molar-refractivity contribution in [3.63, 3.8) is 0 Å². The maximum absolute atomic E-state index is 13.7. The van der Waals surface area contributed by atoms with Gasteiger partial charge in [-0.1, -0.05) is 32.3 Å². The third kappa shape index (κ3) is 12.1. The van der Waals surface area contributed by atoms with E-state index in [9.17, 15) is 42.6 Å². The summed E-state index contributed by atoms with van der Waals surface area (Å²) in [5.74, 6) is -0.753. The van der Waals surface area contributed by atoms with Gasteiger partial charge >= 0.3 is 0 Å². The quantitative estimate of drug-likeness (QED) is 0.101. The number of likely N-dealkylation sites (tertiary alicyclic amines) is 1. The van der Waals surface area contributed by atoms with Crippen LogP contribution in [0.2, 0.25) is 0 Å². The summed E-state index contributed by atoms with van der Waals surface area (Å²) in [6.07, 6.45) is 9.62. The molecule has 4 aliphatic rings. The van der Waals surface area contributed by atoms with Crippen molar-refractivity contribution in [3.05, 3.63) is 54.1 Å². The van der Waals surface area contributed by atoms with Gasteiger partial charge in [0, 0.05) is 65.6 Å². The number of halogens is 3. The molecule has 8 rings (SSSR count). The zero-order valence-corrected chi connectivity index (χ0v) is 38.2. The number of nitrogens with one attached hydrogen (secondary N) is 2. The second-order valence-electron chi connectivity index (χ2n) is 17.4. The monoisotopic (exact) mass is 924 g/mol. The molecule has 2 unspecified atom stereocenters. The zero-order valence-electron chi connectivity index (χ0n) is 38.2. The van der Waals surface area contributed by atoms with Crippen molar-refractivity contribution in [1.29, 1.82) is 0 Å². The Balaban J connectivity index is 0.000000191. The maximum atomic E-state index is 13.7. The van der Waals surface area contributed by atoms with E-state index in [1.165, 1.54) is 21.8 Å². The molecule has 1 saturated carbocycles. The van der Waals surface area contributed by atoms with Gasteiger partial charge in [-0.05, 0) is 70.3 Å². The molecule has 4 N–H and O–H groups in total. The minimum atomic E-state index is -2.81. The van der Waals surface area contributed by atoms with Crippen molar-refractivity contribution >= 4 is 58.3 Å². The summed E-state index contributed by atoms with van der Waals surface area (Å²) < 4.78 is 42.7. The molecule has 2 atom stereocenters. The summed E-state index contributed by atoms with van der Waals surface area (Å²) >= 11 is 0. The topological polar surface area (TPSA) is 197 Å². The van der Waals surface area contributed by atoms with Crippen LogP contribution in [-0.2, 0) is 14.4 Å². The van der Waals surface area contributed by atoms with E-state index in [4.69, 9.17) is 0 Å². The second kappa shape index (κ2) is 23.1. The summed E-state index contributed by atoms with van der Waals surface area (Å²) in [6.45, 7) is 5.87. The SMILES string of the molecule is CCCN(CCO)c1ccn2ncc(C(=O)Nc3cn(C4CCCCC4)nc3C(F)F)c2n1.CN(C)c1c(N2CC(O)C2)cccc1N(C=O)C1CCC(=O)NC1=O.CN1CCCC(F)C1. The Morgan fingerprint density at radius 1 is 1.05 bits per heavy atom. The molecule has 360 valence electrons. The van der Waals surface area contributed by atoms with Crippen LogP contribution in [-0.4, -0.2) is 149 Å². The van der Waals surface area contributed by atoms with Crippen LogP contribution in [0.15, 0.2) is 42.9 Å². The number of fused-ring (bicyclic) bond motifs is 1. The molecule has 0 radical (unpaired) electrons. The lowest BCUT2D eigenvalue weighted by Gasteiger charge is -2.41. The number of β-amino-alcohol motifs (C(OH)–C–C–N with tert-alkyl or cyclic N) is 1. The average molecular weight is 925 g/mol. The number of imide groups is 1. The van der Waals surface area contributed by atoms with Gasteiger partial charge in [0.15, 0.2) is 11.3 Å². The summed E-state index contributed by atoms with van der Waals surface area (Å²) in [5, 5.41) is 32.1. The van der Waals surface area contributed by atoms with Crippen LogP contribution in [0.1, 0.15) is 99.7 Å². The number of alkyl halides is 3. The highest BCUT2D eigenvalue weighted by Gasteiger charge is 2.35. The van der Waals surface area contributed by atoms with Gasteiger partial charge in [-0.2, -0.15) is 10.2 Å². The number of amides is 4. The molecule has 4 aromatic rings. The van der Waals surface area contributed by atoms with Crippen LogP contribution in [0, 0.1) is 0 Å².